The predicted octanol–water partition coefficient (Wildman–Crippen LogP) is 3.92. The highest BCUT2D eigenvalue weighted by molar-refractivity contribution is 5.90. The fourth-order valence-corrected chi connectivity index (χ4v) is 3.73. The maximum absolute atomic E-state index is 12.5. The smallest absolute Gasteiger partial charge is 0.269 e. The molecule has 4 heterocycles. The third-order valence-corrected chi connectivity index (χ3v) is 5.10. The molecule has 0 saturated carbocycles. The molecule has 0 bridgehead atoms. The zero-order valence-electron chi connectivity index (χ0n) is 15.4. The number of nitrogens with zero attached hydrogens (tertiary/aromatic N) is 4. The Morgan fingerprint density at radius 1 is 0.929 bits per heavy atom. The van der Waals surface area contributed by atoms with Crippen LogP contribution in [0.5, 0.6) is 0 Å². The van der Waals surface area contributed by atoms with Crippen molar-refractivity contribution >= 4 is 5.52 Å². The molecule has 1 aliphatic heterocycles. The first kappa shape index (κ1) is 16.9. The van der Waals surface area contributed by atoms with Gasteiger partial charge in [0.1, 0.15) is 5.69 Å². The quantitative estimate of drug-likeness (QED) is 0.547. The molecular weight excluding hydrogens is 352 g/mol. The first-order valence-electron chi connectivity index (χ1n) is 9.56. The fourth-order valence-electron chi connectivity index (χ4n) is 3.73. The molecular formula is C22H20N4O2. The van der Waals surface area contributed by atoms with Crippen molar-refractivity contribution in [2.24, 2.45) is 0 Å². The molecule has 6 heteroatoms. The van der Waals surface area contributed by atoms with Gasteiger partial charge in [-0.2, -0.15) is 10.2 Å². The third-order valence-electron chi connectivity index (χ3n) is 5.10. The summed E-state index contributed by atoms with van der Waals surface area (Å²) in [5, 5.41) is 9.48. The summed E-state index contributed by atoms with van der Waals surface area (Å²) in [6, 6.07) is 19.3. The number of hydrogen-bond acceptors (Lipinski definition) is 4. The summed E-state index contributed by atoms with van der Waals surface area (Å²) in [4.78, 5) is 12.5. The molecule has 1 fully saturated rings. The molecule has 0 amide bonds. The van der Waals surface area contributed by atoms with Crippen LogP contribution >= 0.6 is 0 Å². The van der Waals surface area contributed by atoms with Crippen molar-refractivity contribution in [2.75, 3.05) is 6.61 Å². The molecule has 1 saturated heterocycles. The Kier molecular flexibility index (Phi) is 4.25. The topological polar surface area (TPSA) is 61.4 Å². The van der Waals surface area contributed by atoms with Gasteiger partial charge >= 0.3 is 0 Å². The number of fused-ring (bicyclic) bond motifs is 1. The van der Waals surface area contributed by atoms with Crippen LogP contribution in [0.15, 0.2) is 71.7 Å². The van der Waals surface area contributed by atoms with Crippen LogP contribution in [-0.4, -0.2) is 26.0 Å². The largest absolute Gasteiger partial charge is 0.356 e. The average Bonchev–Trinajstić information content (AvgIpc) is 3.15. The Morgan fingerprint density at radius 2 is 1.79 bits per heavy atom. The van der Waals surface area contributed by atoms with E-state index < -0.39 is 0 Å². The van der Waals surface area contributed by atoms with Gasteiger partial charge in [0.25, 0.3) is 5.56 Å². The summed E-state index contributed by atoms with van der Waals surface area (Å²) in [6.07, 6.45) is 4.48. The Labute approximate surface area is 162 Å². The van der Waals surface area contributed by atoms with Crippen LogP contribution in [0.2, 0.25) is 0 Å². The molecule has 1 aromatic carbocycles. The van der Waals surface area contributed by atoms with Crippen LogP contribution in [0, 0.1) is 0 Å². The van der Waals surface area contributed by atoms with Gasteiger partial charge in [-0.25, -0.2) is 9.20 Å². The zero-order valence-corrected chi connectivity index (χ0v) is 15.4. The minimum Gasteiger partial charge on any atom is -0.356 e. The Bertz CT molecular complexity index is 1170. The Hall–Kier alpha value is -3.25. The highest BCUT2D eigenvalue weighted by Crippen LogP contribution is 2.34. The number of aromatic nitrogens is 4. The van der Waals surface area contributed by atoms with E-state index in [-0.39, 0.29) is 11.8 Å². The van der Waals surface area contributed by atoms with Gasteiger partial charge in [0.05, 0.1) is 16.8 Å². The molecule has 0 radical (unpaired) electrons. The van der Waals surface area contributed by atoms with E-state index >= 15 is 0 Å². The third kappa shape index (κ3) is 2.92. The Morgan fingerprint density at radius 3 is 2.61 bits per heavy atom. The molecule has 0 N–H and O–H groups in total. The Balaban J connectivity index is 1.72. The van der Waals surface area contributed by atoms with Crippen LogP contribution in [0.3, 0.4) is 0 Å². The second kappa shape index (κ2) is 7.05. The molecule has 1 atom stereocenters. The van der Waals surface area contributed by atoms with Crippen LogP contribution in [0.4, 0.5) is 0 Å². The second-order valence-electron chi connectivity index (χ2n) is 6.94. The van der Waals surface area contributed by atoms with Gasteiger partial charge in [0.15, 0.2) is 6.23 Å². The average molecular weight is 372 g/mol. The lowest BCUT2D eigenvalue weighted by Crippen LogP contribution is -2.30. The SMILES string of the molecule is O=c1ccc(-c2c(-c3ccccc3)nn3ccccc23)nn1C1CCCCO1. The molecule has 1 unspecified atom stereocenters. The van der Waals surface area contributed by atoms with Crippen molar-refractivity contribution in [3.8, 4) is 22.5 Å². The first-order valence-corrected chi connectivity index (χ1v) is 9.56. The highest BCUT2D eigenvalue weighted by Gasteiger charge is 2.21. The minimum absolute atomic E-state index is 0.145. The van der Waals surface area contributed by atoms with Gasteiger partial charge in [-0.1, -0.05) is 36.4 Å². The van der Waals surface area contributed by atoms with E-state index in [2.05, 4.69) is 0 Å². The number of ether oxygens (including phenoxy) is 1. The molecule has 4 aromatic rings. The van der Waals surface area contributed by atoms with E-state index in [4.69, 9.17) is 14.9 Å². The highest BCUT2D eigenvalue weighted by atomic mass is 16.5. The van der Waals surface area contributed by atoms with Crippen molar-refractivity contribution in [2.45, 2.75) is 25.5 Å². The van der Waals surface area contributed by atoms with Crippen molar-refractivity contribution in [1.82, 2.24) is 19.4 Å². The lowest BCUT2D eigenvalue weighted by Gasteiger charge is -2.23. The van der Waals surface area contributed by atoms with Gasteiger partial charge in [-0.3, -0.25) is 4.79 Å². The van der Waals surface area contributed by atoms with E-state index in [9.17, 15) is 4.79 Å². The van der Waals surface area contributed by atoms with E-state index in [1.54, 1.807) is 12.1 Å². The number of hydrogen-bond donors (Lipinski definition) is 0. The van der Waals surface area contributed by atoms with Gasteiger partial charge in [0, 0.05) is 24.4 Å². The van der Waals surface area contributed by atoms with Crippen LogP contribution in [0.1, 0.15) is 25.5 Å². The number of pyridine rings is 1. The summed E-state index contributed by atoms with van der Waals surface area (Å²) >= 11 is 0. The minimum atomic E-state index is -0.303. The van der Waals surface area contributed by atoms with Gasteiger partial charge in [-0.15, -0.1) is 0 Å². The van der Waals surface area contributed by atoms with Crippen LogP contribution in [-0.2, 0) is 4.74 Å². The maximum atomic E-state index is 12.5. The number of rotatable bonds is 3. The summed E-state index contributed by atoms with van der Waals surface area (Å²) in [6.45, 7) is 0.662. The molecule has 3 aromatic heterocycles. The number of benzene rings is 1. The molecule has 5 rings (SSSR count). The van der Waals surface area contributed by atoms with E-state index in [1.807, 2.05) is 59.2 Å². The standard InChI is InChI=1S/C22H20N4O2/c27-19-13-12-17(23-26(19)20-11-5-7-15-28-20)21-18-10-4-6-14-25(18)24-22(21)16-8-2-1-3-9-16/h1-4,6,8-10,12-14,20H,5,7,11,15H2. The molecule has 0 aliphatic carbocycles. The normalized spacial score (nSPS) is 17.1. The molecule has 140 valence electrons. The van der Waals surface area contributed by atoms with Crippen molar-refractivity contribution in [3.63, 3.8) is 0 Å². The molecule has 6 nitrogen and oxygen atoms in total. The molecule has 1 aliphatic rings. The van der Waals surface area contributed by atoms with E-state index in [0.29, 0.717) is 12.3 Å². The summed E-state index contributed by atoms with van der Waals surface area (Å²) < 4.78 is 9.13. The lowest BCUT2D eigenvalue weighted by molar-refractivity contribution is -0.0422. The van der Waals surface area contributed by atoms with E-state index in [1.165, 1.54) is 4.68 Å². The fraction of sp³-hybridized carbons (Fsp3) is 0.227. The maximum Gasteiger partial charge on any atom is 0.269 e. The first-order chi connectivity index (χ1) is 13.8. The summed E-state index contributed by atoms with van der Waals surface area (Å²) in [7, 11) is 0. The van der Waals surface area contributed by atoms with Gasteiger partial charge in [-0.05, 0) is 37.5 Å². The van der Waals surface area contributed by atoms with Crippen molar-refractivity contribution in [1.29, 1.82) is 0 Å². The zero-order chi connectivity index (χ0) is 18.9. The van der Waals surface area contributed by atoms with Crippen molar-refractivity contribution < 1.29 is 4.74 Å². The van der Waals surface area contributed by atoms with Crippen LogP contribution < -0.4 is 5.56 Å². The summed E-state index contributed by atoms with van der Waals surface area (Å²) in [5.41, 5.74) is 4.28. The van der Waals surface area contributed by atoms with Crippen molar-refractivity contribution in [3.05, 3.63) is 77.2 Å². The van der Waals surface area contributed by atoms with Gasteiger partial charge < -0.3 is 4.74 Å². The van der Waals surface area contributed by atoms with Gasteiger partial charge in [0.2, 0.25) is 0 Å². The second-order valence-corrected chi connectivity index (χ2v) is 6.94. The molecule has 28 heavy (non-hydrogen) atoms. The monoisotopic (exact) mass is 372 g/mol. The van der Waals surface area contributed by atoms with Crippen LogP contribution in [0.25, 0.3) is 28.0 Å². The van der Waals surface area contributed by atoms with E-state index in [0.717, 1.165) is 41.6 Å². The summed E-state index contributed by atoms with van der Waals surface area (Å²) in [5.74, 6) is 0. The molecule has 0 spiro atoms. The lowest BCUT2D eigenvalue weighted by atomic mass is 10.0. The predicted molar refractivity (Wildman–Crippen MR) is 107 cm³/mol.